The zero-order valence-electron chi connectivity index (χ0n) is 52.8. The van der Waals surface area contributed by atoms with Gasteiger partial charge in [0.2, 0.25) is 5.91 Å². The van der Waals surface area contributed by atoms with E-state index >= 15 is 0 Å². The summed E-state index contributed by atoms with van der Waals surface area (Å²) < 4.78 is 30.3. The predicted molar refractivity (Wildman–Crippen MR) is 339 cm³/mol. The molecule has 0 saturated carbocycles. The van der Waals surface area contributed by atoms with E-state index in [4.69, 9.17) is 13.8 Å². The zero-order chi connectivity index (χ0) is 57.9. The third-order valence-corrected chi connectivity index (χ3v) is 15.9. The molecule has 0 fully saturated rings. The van der Waals surface area contributed by atoms with E-state index in [2.05, 4.69) is 74.7 Å². The van der Waals surface area contributed by atoms with Crippen LogP contribution in [0, 0.1) is 0 Å². The summed E-state index contributed by atoms with van der Waals surface area (Å²) in [6.07, 6.45) is 74.8. The van der Waals surface area contributed by atoms with Crippen molar-refractivity contribution in [2.45, 2.75) is 328 Å². The lowest BCUT2D eigenvalue weighted by Crippen LogP contribution is -2.47. The van der Waals surface area contributed by atoms with Gasteiger partial charge in [0.05, 0.1) is 33.8 Å². The number of amides is 1. The smallest absolute Gasteiger partial charge is 0.306 e. The maximum atomic E-state index is 13.6. The number of carbonyl (C=O) groups is 2. The standard InChI is InChI=1S/C69H129N2O7P/c1-7-10-13-16-19-22-25-28-30-31-32-33-34-35-36-37-38-39-40-41-42-43-46-49-52-55-58-61-68(72)70-66(65-77-79(74,75)76-64-63-71(4,5)6)67(60-57-54-51-48-45-27-24-21-18-15-12-9-3)78-69(73)62-59-56-53-50-47-44-29-26-23-20-17-14-11-8-2/h19,22,28,30,32-33,44,47,57,60,66-67H,7-18,20-21,23-27,29,31,34-43,45-46,48-56,58-59,61-65H2,1-6H3,(H-,70,72,74,75)/b22-19-,30-28-,33-32-,47-44-,60-57-. The third-order valence-electron chi connectivity index (χ3n) is 14.9. The molecule has 0 heterocycles. The fourth-order valence-corrected chi connectivity index (χ4v) is 10.4. The Hall–Kier alpha value is -2.29. The van der Waals surface area contributed by atoms with Crippen LogP contribution in [0.4, 0.5) is 0 Å². The number of nitrogens with one attached hydrogen (secondary N) is 1. The Balaban J connectivity index is 5.03. The Morgan fingerprint density at radius 2 is 0.772 bits per heavy atom. The van der Waals surface area contributed by atoms with Crippen LogP contribution in [0.1, 0.15) is 316 Å². The van der Waals surface area contributed by atoms with Gasteiger partial charge in [-0.2, -0.15) is 0 Å². The van der Waals surface area contributed by atoms with Gasteiger partial charge in [-0.3, -0.25) is 14.2 Å². The van der Waals surface area contributed by atoms with Crippen LogP contribution in [-0.4, -0.2) is 69.4 Å². The second-order valence-corrected chi connectivity index (χ2v) is 25.4. The van der Waals surface area contributed by atoms with E-state index in [1.54, 1.807) is 0 Å². The predicted octanol–water partition coefficient (Wildman–Crippen LogP) is 20.4. The van der Waals surface area contributed by atoms with Crippen LogP contribution in [0.3, 0.4) is 0 Å². The highest BCUT2D eigenvalue weighted by molar-refractivity contribution is 7.45. The summed E-state index contributed by atoms with van der Waals surface area (Å²) in [4.78, 5) is 40.0. The van der Waals surface area contributed by atoms with Crippen LogP contribution in [0.15, 0.2) is 60.8 Å². The van der Waals surface area contributed by atoms with Crippen molar-refractivity contribution < 1.29 is 37.3 Å². The van der Waals surface area contributed by atoms with Crippen molar-refractivity contribution in [1.82, 2.24) is 5.32 Å². The number of unbranched alkanes of at least 4 members (excludes halogenated alkanes) is 37. The second-order valence-electron chi connectivity index (χ2n) is 24.0. The van der Waals surface area contributed by atoms with E-state index in [0.717, 1.165) is 77.0 Å². The molecule has 0 aliphatic heterocycles. The van der Waals surface area contributed by atoms with E-state index in [1.165, 1.54) is 199 Å². The topological polar surface area (TPSA) is 114 Å². The molecule has 0 aliphatic carbocycles. The number of esters is 1. The Morgan fingerprint density at radius 1 is 0.443 bits per heavy atom. The Morgan fingerprint density at radius 3 is 1.20 bits per heavy atom. The Bertz CT molecular complexity index is 1540. The lowest BCUT2D eigenvalue weighted by Gasteiger charge is -2.30. The minimum absolute atomic E-state index is 0.0245. The van der Waals surface area contributed by atoms with E-state index in [1.807, 2.05) is 33.3 Å². The van der Waals surface area contributed by atoms with Crippen molar-refractivity contribution in [2.24, 2.45) is 0 Å². The molecule has 0 aromatic carbocycles. The number of likely N-dealkylation sites (N-methyl/N-ethyl adjacent to an activating group) is 1. The summed E-state index contributed by atoms with van der Waals surface area (Å²) in [6.45, 7) is 6.83. The summed E-state index contributed by atoms with van der Waals surface area (Å²) in [5, 5.41) is 3.03. The van der Waals surface area contributed by atoms with Crippen LogP contribution < -0.4 is 10.2 Å². The number of carbonyl (C=O) groups excluding carboxylic acids is 2. The SMILES string of the molecule is CCCCC/C=C\C/C=C\C/C=C\CCCCCCCCCCCCCCCCC(=O)NC(COP(=O)([O-])OCC[N+](C)(C)C)C(/C=C\CCCCCCCCCCCC)OC(=O)CCCCC/C=C\CCCCCCCCC. The molecular formula is C69H129N2O7P. The maximum Gasteiger partial charge on any atom is 0.306 e. The van der Waals surface area contributed by atoms with Gasteiger partial charge in [-0.1, -0.05) is 268 Å². The van der Waals surface area contributed by atoms with Gasteiger partial charge in [-0.15, -0.1) is 0 Å². The number of phosphoric acid groups is 1. The number of nitrogens with zero attached hydrogens (tertiary/aromatic N) is 1. The molecule has 10 heteroatoms. The van der Waals surface area contributed by atoms with Gasteiger partial charge in [0.1, 0.15) is 19.3 Å². The molecule has 0 radical (unpaired) electrons. The highest BCUT2D eigenvalue weighted by atomic mass is 31.2. The molecule has 9 nitrogen and oxygen atoms in total. The van der Waals surface area contributed by atoms with Crippen molar-refractivity contribution in [3.8, 4) is 0 Å². The van der Waals surface area contributed by atoms with E-state index in [9.17, 15) is 19.0 Å². The van der Waals surface area contributed by atoms with Gasteiger partial charge in [0.15, 0.2) is 0 Å². The van der Waals surface area contributed by atoms with E-state index in [0.29, 0.717) is 23.9 Å². The van der Waals surface area contributed by atoms with Crippen molar-refractivity contribution >= 4 is 19.7 Å². The molecule has 0 aromatic rings. The maximum absolute atomic E-state index is 13.6. The van der Waals surface area contributed by atoms with Crippen LogP contribution in [0.25, 0.3) is 0 Å². The van der Waals surface area contributed by atoms with Crippen molar-refractivity contribution in [3.05, 3.63) is 60.8 Å². The molecule has 462 valence electrons. The summed E-state index contributed by atoms with van der Waals surface area (Å²) in [6, 6.07) is -0.894. The minimum atomic E-state index is -4.70. The first-order valence-corrected chi connectivity index (χ1v) is 35.1. The van der Waals surface area contributed by atoms with Gasteiger partial charge in [0, 0.05) is 12.8 Å². The fraction of sp³-hybridized carbons (Fsp3) is 0.826. The first-order valence-electron chi connectivity index (χ1n) is 33.6. The number of quaternary nitrogens is 1. The normalized spacial score (nSPS) is 14.0. The highest BCUT2D eigenvalue weighted by Crippen LogP contribution is 2.38. The summed E-state index contributed by atoms with van der Waals surface area (Å²) in [5.74, 6) is -0.551. The molecule has 3 unspecified atom stereocenters. The van der Waals surface area contributed by atoms with Crippen molar-refractivity contribution in [3.63, 3.8) is 0 Å². The lowest BCUT2D eigenvalue weighted by molar-refractivity contribution is -0.870. The van der Waals surface area contributed by atoms with Crippen LogP contribution >= 0.6 is 7.82 Å². The lowest BCUT2D eigenvalue weighted by atomic mass is 10.0. The van der Waals surface area contributed by atoms with Gasteiger partial charge >= 0.3 is 5.97 Å². The third kappa shape index (κ3) is 60.1. The number of phosphoric ester groups is 1. The zero-order valence-corrected chi connectivity index (χ0v) is 53.7. The first kappa shape index (κ1) is 76.7. The summed E-state index contributed by atoms with van der Waals surface area (Å²) in [7, 11) is 1.18. The quantitative estimate of drug-likeness (QED) is 0.0212. The molecule has 0 bridgehead atoms. The molecule has 1 N–H and O–H groups in total. The summed E-state index contributed by atoms with van der Waals surface area (Å²) >= 11 is 0. The number of hydrogen-bond donors (Lipinski definition) is 1. The van der Waals surface area contributed by atoms with Crippen LogP contribution in [-0.2, 0) is 27.9 Å². The molecule has 3 atom stereocenters. The molecule has 0 aromatic heterocycles. The highest BCUT2D eigenvalue weighted by Gasteiger charge is 2.27. The molecular weight excluding hydrogens is 1000 g/mol. The van der Waals surface area contributed by atoms with Gasteiger partial charge < -0.3 is 28.5 Å². The van der Waals surface area contributed by atoms with Crippen molar-refractivity contribution in [2.75, 3.05) is 40.9 Å². The van der Waals surface area contributed by atoms with Crippen molar-refractivity contribution in [1.29, 1.82) is 0 Å². The number of hydrogen-bond acceptors (Lipinski definition) is 7. The molecule has 0 spiro atoms. The number of allylic oxidation sites excluding steroid dienone is 9. The van der Waals surface area contributed by atoms with E-state index < -0.39 is 26.6 Å². The molecule has 79 heavy (non-hydrogen) atoms. The average Bonchev–Trinajstić information content (AvgIpc) is 3.41. The Kier molecular flexibility index (Phi) is 57.2. The second kappa shape index (κ2) is 58.9. The number of ether oxygens (including phenoxy) is 1. The molecule has 1 amide bonds. The largest absolute Gasteiger partial charge is 0.756 e. The molecule has 0 rings (SSSR count). The molecule has 0 saturated heterocycles. The van der Waals surface area contributed by atoms with E-state index in [-0.39, 0.29) is 24.9 Å². The first-order chi connectivity index (χ1) is 38.4. The van der Waals surface area contributed by atoms with Gasteiger partial charge in [-0.25, -0.2) is 0 Å². The monoisotopic (exact) mass is 1130 g/mol. The minimum Gasteiger partial charge on any atom is -0.756 e. The van der Waals surface area contributed by atoms with Crippen LogP contribution in [0.2, 0.25) is 0 Å². The fourth-order valence-electron chi connectivity index (χ4n) is 9.70. The average molecular weight is 1130 g/mol. The number of rotatable bonds is 61. The van der Waals surface area contributed by atoms with Crippen LogP contribution in [0.5, 0.6) is 0 Å². The Labute approximate surface area is 490 Å². The molecule has 0 aliphatic rings. The van der Waals surface area contributed by atoms with Gasteiger partial charge in [-0.05, 0) is 96.0 Å². The van der Waals surface area contributed by atoms with Gasteiger partial charge in [0.25, 0.3) is 7.82 Å². The summed E-state index contributed by atoms with van der Waals surface area (Å²) in [5.41, 5.74) is 0.